The van der Waals surface area contributed by atoms with Gasteiger partial charge in [0.25, 0.3) is 5.91 Å². The number of esters is 1. The Morgan fingerprint density at radius 2 is 1.74 bits per heavy atom. The van der Waals surface area contributed by atoms with Gasteiger partial charge in [-0.15, -0.1) is 0 Å². The summed E-state index contributed by atoms with van der Waals surface area (Å²) in [6.45, 7) is 3.86. The SMILES string of the molecule is CCOC(=O)c1ccc(N2C(=O)c3oc4ccc(C)cc4c(=O)c3C2c2ccc(O)cc2)cc1. The van der Waals surface area contributed by atoms with Crippen LogP contribution in [0.25, 0.3) is 11.0 Å². The minimum Gasteiger partial charge on any atom is -0.508 e. The van der Waals surface area contributed by atoms with Crippen LogP contribution < -0.4 is 10.3 Å². The van der Waals surface area contributed by atoms with E-state index in [2.05, 4.69) is 0 Å². The number of benzene rings is 3. The van der Waals surface area contributed by atoms with Gasteiger partial charge < -0.3 is 14.3 Å². The van der Waals surface area contributed by atoms with Crippen molar-refractivity contribution in [1.29, 1.82) is 0 Å². The molecular weight excluding hydrogens is 434 g/mol. The van der Waals surface area contributed by atoms with Crippen LogP contribution in [0.2, 0.25) is 0 Å². The van der Waals surface area contributed by atoms with Gasteiger partial charge in [-0.25, -0.2) is 4.79 Å². The van der Waals surface area contributed by atoms with Crippen LogP contribution in [0.3, 0.4) is 0 Å². The topological polar surface area (TPSA) is 97.0 Å². The van der Waals surface area contributed by atoms with E-state index in [0.29, 0.717) is 27.8 Å². The van der Waals surface area contributed by atoms with E-state index in [1.54, 1.807) is 55.5 Å². The van der Waals surface area contributed by atoms with E-state index >= 15 is 0 Å². The highest BCUT2D eigenvalue weighted by Crippen LogP contribution is 2.41. The zero-order chi connectivity index (χ0) is 24.0. The van der Waals surface area contributed by atoms with Gasteiger partial charge in [0.1, 0.15) is 11.3 Å². The summed E-state index contributed by atoms with van der Waals surface area (Å²) in [5.74, 6) is -0.871. The van der Waals surface area contributed by atoms with E-state index in [0.717, 1.165) is 5.56 Å². The third-order valence-corrected chi connectivity index (χ3v) is 5.89. The highest BCUT2D eigenvalue weighted by Gasteiger charge is 2.43. The molecule has 0 spiro atoms. The van der Waals surface area contributed by atoms with Gasteiger partial charge in [-0.1, -0.05) is 23.8 Å². The molecule has 3 aromatic carbocycles. The molecule has 0 saturated heterocycles. The van der Waals surface area contributed by atoms with E-state index in [4.69, 9.17) is 9.15 Å². The zero-order valence-electron chi connectivity index (χ0n) is 18.6. The number of ether oxygens (including phenoxy) is 1. The molecular formula is C27H21NO6. The fraction of sp³-hybridized carbons (Fsp3) is 0.148. The molecule has 1 unspecified atom stereocenters. The fourth-order valence-electron chi connectivity index (χ4n) is 4.30. The Kier molecular flexibility index (Phi) is 5.17. The highest BCUT2D eigenvalue weighted by atomic mass is 16.5. The average Bonchev–Trinajstić information content (AvgIpc) is 3.13. The maximum Gasteiger partial charge on any atom is 0.338 e. The summed E-state index contributed by atoms with van der Waals surface area (Å²) in [5, 5.41) is 10.2. The standard InChI is InChI=1S/C27H21NO6/c1-3-33-27(32)17-5-9-18(10-6-17)28-23(16-7-11-19(29)12-8-16)22-24(30)20-14-15(2)4-13-21(20)34-25(22)26(28)31/h4-14,23,29H,3H2,1-2H3. The molecule has 1 aliphatic rings. The second-order valence-corrected chi connectivity index (χ2v) is 8.11. The van der Waals surface area contributed by atoms with Crippen LogP contribution in [0.5, 0.6) is 5.75 Å². The molecule has 2 heterocycles. The Bertz CT molecular complexity index is 1490. The lowest BCUT2D eigenvalue weighted by Gasteiger charge is -2.25. The minimum absolute atomic E-state index is 0.0195. The van der Waals surface area contributed by atoms with Crippen LogP contribution in [-0.2, 0) is 4.74 Å². The molecule has 0 fully saturated rings. The second kappa shape index (κ2) is 8.19. The van der Waals surface area contributed by atoms with Crippen LogP contribution in [0.15, 0.2) is 75.9 Å². The van der Waals surface area contributed by atoms with Crippen molar-refractivity contribution in [3.05, 3.63) is 105 Å². The number of rotatable bonds is 4. The second-order valence-electron chi connectivity index (χ2n) is 8.11. The minimum atomic E-state index is -0.766. The van der Waals surface area contributed by atoms with E-state index in [9.17, 15) is 19.5 Å². The summed E-state index contributed by atoms with van der Waals surface area (Å²) in [5.41, 5.74) is 2.68. The van der Waals surface area contributed by atoms with E-state index in [1.807, 2.05) is 13.0 Å². The van der Waals surface area contributed by atoms with Crippen LogP contribution >= 0.6 is 0 Å². The lowest BCUT2D eigenvalue weighted by Crippen LogP contribution is -2.29. The van der Waals surface area contributed by atoms with Gasteiger partial charge in [0, 0.05) is 5.69 Å². The summed E-state index contributed by atoms with van der Waals surface area (Å²) in [4.78, 5) is 40.7. The molecule has 1 aliphatic heterocycles. The number of hydrogen-bond donors (Lipinski definition) is 1. The third kappa shape index (κ3) is 3.42. The molecule has 1 aromatic heterocycles. The van der Waals surface area contributed by atoms with Crippen LogP contribution in [0.1, 0.15) is 50.6 Å². The maximum absolute atomic E-state index is 13.6. The van der Waals surface area contributed by atoms with Gasteiger partial charge in [-0.05, 0) is 67.9 Å². The van der Waals surface area contributed by atoms with Gasteiger partial charge in [0.15, 0.2) is 5.43 Å². The average molecular weight is 455 g/mol. The number of hydrogen-bond acceptors (Lipinski definition) is 6. The number of aryl methyl sites for hydroxylation is 1. The molecule has 0 aliphatic carbocycles. The molecule has 7 heteroatoms. The molecule has 5 rings (SSSR count). The summed E-state index contributed by atoms with van der Waals surface area (Å²) in [7, 11) is 0. The number of aromatic hydroxyl groups is 1. The first-order valence-corrected chi connectivity index (χ1v) is 10.9. The predicted molar refractivity (Wildman–Crippen MR) is 126 cm³/mol. The first-order valence-electron chi connectivity index (χ1n) is 10.9. The first kappa shape index (κ1) is 21.5. The van der Waals surface area contributed by atoms with Crippen molar-refractivity contribution in [2.45, 2.75) is 19.9 Å². The quantitative estimate of drug-likeness (QED) is 0.447. The molecule has 1 N–H and O–H groups in total. The van der Waals surface area contributed by atoms with Crippen molar-refractivity contribution in [2.75, 3.05) is 11.5 Å². The van der Waals surface area contributed by atoms with Crippen molar-refractivity contribution < 1.29 is 23.8 Å². The lowest BCUT2D eigenvalue weighted by molar-refractivity contribution is 0.0526. The van der Waals surface area contributed by atoms with E-state index in [-0.39, 0.29) is 29.1 Å². The van der Waals surface area contributed by atoms with Crippen molar-refractivity contribution in [3.8, 4) is 5.75 Å². The summed E-state index contributed by atoms with van der Waals surface area (Å²) >= 11 is 0. The number of fused-ring (bicyclic) bond motifs is 2. The number of carbonyl (C=O) groups is 2. The molecule has 1 amide bonds. The Labute approximate surface area is 194 Å². The lowest BCUT2D eigenvalue weighted by atomic mass is 9.97. The summed E-state index contributed by atoms with van der Waals surface area (Å²) in [6.07, 6.45) is 0. The van der Waals surface area contributed by atoms with Crippen molar-refractivity contribution in [1.82, 2.24) is 0 Å². The summed E-state index contributed by atoms with van der Waals surface area (Å²) < 4.78 is 11.0. The summed E-state index contributed by atoms with van der Waals surface area (Å²) in [6, 6.07) is 17.3. The first-order chi connectivity index (χ1) is 16.4. The molecule has 4 aromatic rings. The van der Waals surface area contributed by atoms with Crippen LogP contribution in [0.4, 0.5) is 5.69 Å². The Morgan fingerprint density at radius 3 is 2.41 bits per heavy atom. The molecule has 0 radical (unpaired) electrons. The normalized spacial score (nSPS) is 14.9. The van der Waals surface area contributed by atoms with E-state index in [1.165, 1.54) is 17.0 Å². The van der Waals surface area contributed by atoms with Gasteiger partial charge in [0.2, 0.25) is 5.76 Å². The number of amides is 1. The van der Waals surface area contributed by atoms with Gasteiger partial charge in [-0.3, -0.25) is 14.5 Å². The molecule has 34 heavy (non-hydrogen) atoms. The smallest absolute Gasteiger partial charge is 0.338 e. The van der Waals surface area contributed by atoms with Crippen LogP contribution in [-0.4, -0.2) is 23.6 Å². The van der Waals surface area contributed by atoms with Crippen molar-refractivity contribution in [3.63, 3.8) is 0 Å². The number of nitrogens with zero attached hydrogens (tertiary/aromatic N) is 1. The number of phenolic OH excluding ortho intramolecular Hbond substituents is 1. The van der Waals surface area contributed by atoms with E-state index < -0.39 is 17.9 Å². The molecule has 170 valence electrons. The Hall–Kier alpha value is -4.39. The number of anilines is 1. The van der Waals surface area contributed by atoms with Crippen molar-refractivity contribution >= 4 is 28.5 Å². The Balaban J connectivity index is 1.70. The molecule has 0 saturated carbocycles. The predicted octanol–water partition coefficient (Wildman–Crippen LogP) is 4.73. The monoisotopic (exact) mass is 455 g/mol. The van der Waals surface area contributed by atoms with Crippen molar-refractivity contribution in [2.24, 2.45) is 0 Å². The molecule has 0 bridgehead atoms. The molecule has 7 nitrogen and oxygen atoms in total. The zero-order valence-corrected chi connectivity index (χ0v) is 18.6. The maximum atomic E-state index is 13.6. The van der Waals surface area contributed by atoms with Crippen LogP contribution in [0, 0.1) is 6.92 Å². The third-order valence-electron chi connectivity index (χ3n) is 5.89. The van der Waals surface area contributed by atoms with Gasteiger partial charge >= 0.3 is 5.97 Å². The highest BCUT2D eigenvalue weighted by molar-refractivity contribution is 6.10. The number of phenols is 1. The molecule has 1 atom stereocenters. The largest absolute Gasteiger partial charge is 0.508 e. The number of carbonyl (C=O) groups excluding carboxylic acids is 2. The Morgan fingerprint density at radius 1 is 1.03 bits per heavy atom. The fourth-order valence-corrected chi connectivity index (χ4v) is 4.30. The van der Waals surface area contributed by atoms with Gasteiger partial charge in [-0.2, -0.15) is 0 Å². The van der Waals surface area contributed by atoms with Gasteiger partial charge in [0.05, 0.1) is 29.2 Å².